The van der Waals surface area contributed by atoms with E-state index in [0.717, 1.165) is 45.3 Å². The first-order valence-corrected chi connectivity index (χ1v) is 7.96. The first-order chi connectivity index (χ1) is 10.1. The summed E-state index contributed by atoms with van der Waals surface area (Å²) in [4.78, 5) is 26.8. The maximum absolute atomic E-state index is 12.5. The minimum Gasteiger partial charge on any atom is -0.481 e. The second-order valence-electron chi connectivity index (χ2n) is 6.28. The molecule has 0 bridgehead atoms. The van der Waals surface area contributed by atoms with E-state index in [2.05, 4.69) is 0 Å². The lowest BCUT2D eigenvalue weighted by atomic mass is 9.92. The number of carboxylic acids is 1. The fraction of sp³-hybridized carbons (Fsp3) is 0.867. The van der Waals surface area contributed by atoms with E-state index in [0.29, 0.717) is 18.9 Å². The van der Waals surface area contributed by atoms with Gasteiger partial charge in [-0.25, -0.2) is 4.79 Å². The molecule has 0 spiro atoms. The molecule has 0 aliphatic carbocycles. The quantitative estimate of drug-likeness (QED) is 0.822. The molecule has 2 aliphatic heterocycles. The van der Waals surface area contributed by atoms with E-state index in [1.54, 1.807) is 0 Å². The summed E-state index contributed by atoms with van der Waals surface area (Å²) in [7, 11) is 0. The Hall–Kier alpha value is -1.30. The number of hydrogen-bond donors (Lipinski definition) is 2. The third-order valence-electron chi connectivity index (χ3n) is 4.70. The lowest BCUT2D eigenvalue weighted by molar-refractivity contribution is -0.137. The molecule has 2 amide bonds. The molecule has 6 nitrogen and oxygen atoms in total. The van der Waals surface area contributed by atoms with Crippen molar-refractivity contribution >= 4 is 12.0 Å². The third kappa shape index (κ3) is 4.59. The molecule has 0 aromatic heterocycles. The zero-order valence-corrected chi connectivity index (χ0v) is 12.5. The summed E-state index contributed by atoms with van der Waals surface area (Å²) in [5, 5.41) is 18.0. The number of hydrogen-bond acceptors (Lipinski definition) is 3. The van der Waals surface area contributed by atoms with Gasteiger partial charge in [0.15, 0.2) is 0 Å². The fourth-order valence-electron chi connectivity index (χ4n) is 3.33. The molecule has 0 aromatic carbocycles. The van der Waals surface area contributed by atoms with Crippen LogP contribution in [0.1, 0.15) is 38.5 Å². The topological polar surface area (TPSA) is 81.1 Å². The molecule has 0 aromatic rings. The summed E-state index contributed by atoms with van der Waals surface area (Å²) in [6, 6.07) is 0.0878. The lowest BCUT2D eigenvalue weighted by Gasteiger charge is -2.38. The van der Waals surface area contributed by atoms with Crippen LogP contribution < -0.4 is 0 Å². The normalized spacial score (nSPS) is 24.1. The Morgan fingerprint density at radius 1 is 1.00 bits per heavy atom. The van der Waals surface area contributed by atoms with Crippen LogP contribution in [0, 0.1) is 11.8 Å². The number of aliphatic carboxylic acids is 1. The molecule has 21 heavy (non-hydrogen) atoms. The van der Waals surface area contributed by atoms with Crippen molar-refractivity contribution in [2.45, 2.75) is 38.5 Å². The maximum atomic E-state index is 12.5. The van der Waals surface area contributed by atoms with Gasteiger partial charge in [0.1, 0.15) is 0 Å². The molecule has 120 valence electrons. The van der Waals surface area contributed by atoms with E-state index in [-0.39, 0.29) is 25.0 Å². The van der Waals surface area contributed by atoms with Gasteiger partial charge in [0.25, 0.3) is 0 Å². The van der Waals surface area contributed by atoms with Gasteiger partial charge in [0, 0.05) is 39.2 Å². The summed E-state index contributed by atoms with van der Waals surface area (Å²) in [5.41, 5.74) is 0. The van der Waals surface area contributed by atoms with Gasteiger partial charge in [0.2, 0.25) is 0 Å². The summed E-state index contributed by atoms with van der Waals surface area (Å²) >= 11 is 0. The average molecular weight is 298 g/mol. The number of carbonyl (C=O) groups excluding carboxylic acids is 1. The monoisotopic (exact) mass is 298 g/mol. The van der Waals surface area contributed by atoms with Gasteiger partial charge in [-0.05, 0) is 43.9 Å². The van der Waals surface area contributed by atoms with Gasteiger partial charge >= 0.3 is 12.0 Å². The van der Waals surface area contributed by atoms with Gasteiger partial charge in [-0.3, -0.25) is 4.79 Å². The molecule has 6 heteroatoms. The number of carbonyl (C=O) groups is 2. The number of nitrogens with zero attached hydrogens (tertiary/aromatic N) is 2. The molecular weight excluding hydrogens is 272 g/mol. The van der Waals surface area contributed by atoms with Crippen LogP contribution in [0.3, 0.4) is 0 Å². The zero-order valence-electron chi connectivity index (χ0n) is 12.5. The van der Waals surface area contributed by atoms with Crippen LogP contribution in [0.2, 0.25) is 0 Å². The third-order valence-corrected chi connectivity index (χ3v) is 4.70. The van der Waals surface area contributed by atoms with Crippen LogP contribution in [-0.2, 0) is 4.79 Å². The van der Waals surface area contributed by atoms with Crippen molar-refractivity contribution in [2.24, 2.45) is 11.8 Å². The molecule has 0 radical (unpaired) electrons. The lowest BCUT2D eigenvalue weighted by Crippen LogP contribution is -2.50. The van der Waals surface area contributed by atoms with E-state index < -0.39 is 5.97 Å². The van der Waals surface area contributed by atoms with Crippen LogP contribution in [-0.4, -0.2) is 64.8 Å². The summed E-state index contributed by atoms with van der Waals surface area (Å²) in [6.45, 7) is 3.05. The average Bonchev–Trinajstić information content (AvgIpc) is 2.52. The first kappa shape index (κ1) is 16.1. The Bertz CT molecular complexity index is 367. The van der Waals surface area contributed by atoms with Gasteiger partial charge in [0.05, 0.1) is 0 Å². The molecule has 2 fully saturated rings. The number of aliphatic hydroxyl groups excluding tert-OH is 1. The minimum absolute atomic E-state index is 0.0878. The number of amides is 2. The highest BCUT2D eigenvalue weighted by atomic mass is 16.4. The van der Waals surface area contributed by atoms with Crippen molar-refractivity contribution in [2.75, 3.05) is 32.8 Å². The molecule has 1 unspecified atom stereocenters. The highest BCUT2D eigenvalue weighted by Crippen LogP contribution is 2.24. The van der Waals surface area contributed by atoms with Gasteiger partial charge in [-0.2, -0.15) is 0 Å². The Balaban J connectivity index is 1.76. The molecule has 2 saturated heterocycles. The van der Waals surface area contributed by atoms with Crippen molar-refractivity contribution < 1.29 is 19.8 Å². The summed E-state index contributed by atoms with van der Waals surface area (Å²) in [6.07, 6.45) is 4.70. The van der Waals surface area contributed by atoms with Crippen LogP contribution in [0.15, 0.2) is 0 Å². The highest BCUT2D eigenvalue weighted by molar-refractivity contribution is 5.74. The number of urea groups is 1. The minimum atomic E-state index is -0.739. The molecule has 1 atom stereocenters. The predicted molar refractivity (Wildman–Crippen MR) is 77.9 cm³/mol. The number of aliphatic hydroxyl groups is 1. The summed E-state index contributed by atoms with van der Waals surface area (Å²) in [5.74, 6) is -0.0932. The van der Waals surface area contributed by atoms with Crippen molar-refractivity contribution in [1.29, 1.82) is 0 Å². The van der Waals surface area contributed by atoms with Crippen molar-refractivity contribution in [3.05, 3.63) is 0 Å². The largest absolute Gasteiger partial charge is 0.481 e. The van der Waals surface area contributed by atoms with Crippen LogP contribution in [0.25, 0.3) is 0 Å². The predicted octanol–water partition coefficient (Wildman–Crippen LogP) is 1.39. The van der Waals surface area contributed by atoms with E-state index in [9.17, 15) is 14.7 Å². The molecule has 0 saturated carbocycles. The van der Waals surface area contributed by atoms with Crippen molar-refractivity contribution in [3.8, 4) is 0 Å². The molecule has 2 rings (SSSR count). The van der Waals surface area contributed by atoms with E-state index in [4.69, 9.17) is 5.11 Å². The number of piperidine rings is 2. The molecule has 2 N–H and O–H groups in total. The summed E-state index contributed by atoms with van der Waals surface area (Å²) < 4.78 is 0. The van der Waals surface area contributed by atoms with Crippen LogP contribution in [0.4, 0.5) is 4.79 Å². The zero-order chi connectivity index (χ0) is 15.2. The number of carboxylic acid groups (broad SMARTS) is 1. The number of likely N-dealkylation sites (tertiary alicyclic amines) is 2. The fourth-order valence-corrected chi connectivity index (χ4v) is 3.33. The van der Waals surface area contributed by atoms with E-state index >= 15 is 0 Å². The van der Waals surface area contributed by atoms with Gasteiger partial charge < -0.3 is 20.0 Å². The standard InChI is InChI=1S/C15H26N2O4/c18-11-13-2-1-7-17(10-13)15(21)16-8-5-12(6-9-16)3-4-14(19)20/h12-13,18H,1-11H2,(H,19,20). The molecule has 2 heterocycles. The SMILES string of the molecule is O=C(O)CCC1CCN(C(=O)N2CCCC(CO)C2)CC1. The number of rotatable bonds is 4. The second-order valence-corrected chi connectivity index (χ2v) is 6.28. The highest BCUT2D eigenvalue weighted by Gasteiger charge is 2.29. The molecular formula is C15H26N2O4. The second kappa shape index (κ2) is 7.64. The van der Waals surface area contributed by atoms with Crippen molar-refractivity contribution in [1.82, 2.24) is 9.80 Å². The van der Waals surface area contributed by atoms with Crippen LogP contribution >= 0.6 is 0 Å². The van der Waals surface area contributed by atoms with E-state index in [1.165, 1.54) is 0 Å². The van der Waals surface area contributed by atoms with Gasteiger partial charge in [-0.15, -0.1) is 0 Å². The van der Waals surface area contributed by atoms with Crippen molar-refractivity contribution in [3.63, 3.8) is 0 Å². The Labute approximate surface area is 125 Å². The maximum Gasteiger partial charge on any atom is 0.320 e. The molecule has 2 aliphatic rings. The van der Waals surface area contributed by atoms with Gasteiger partial charge in [-0.1, -0.05) is 0 Å². The Morgan fingerprint density at radius 3 is 2.33 bits per heavy atom. The smallest absolute Gasteiger partial charge is 0.320 e. The van der Waals surface area contributed by atoms with E-state index in [1.807, 2.05) is 9.80 Å². The Kier molecular flexibility index (Phi) is 5.85. The first-order valence-electron chi connectivity index (χ1n) is 7.96. The Morgan fingerprint density at radius 2 is 1.71 bits per heavy atom. The van der Waals surface area contributed by atoms with Crippen LogP contribution in [0.5, 0.6) is 0 Å².